The molecule has 2 nitrogen and oxygen atoms in total. The third kappa shape index (κ3) is 44.5. The molecule has 0 aromatic rings. The summed E-state index contributed by atoms with van der Waals surface area (Å²) < 4.78 is 0. The van der Waals surface area contributed by atoms with Gasteiger partial charge in [-0.1, -0.05) is 12.2 Å². The van der Waals surface area contributed by atoms with Gasteiger partial charge in [-0.15, -0.1) is 13.2 Å². The van der Waals surface area contributed by atoms with E-state index < -0.39 is 0 Å². The van der Waals surface area contributed by atoms with E-state index in [0.717, 1.165) is 13.1 Å². The summed E-state index contributed by atoms with van der Waals surface area (Å²) in [4.78, 5) is 0. The van der Waals surface area contributed by atoms with Gasteiger partial charge in [-0.3, -0.25) is 0 Å². The molecule has 0 bridgehead atoms. The molecule has 0 aromatic heterocycles. The molecule has 0 unspecified atom stereocenters. The molecule has 2 N–H and O–H groups in total. The lowest BCUT2D eigenvalue weighted by atomic mass is 10.5. The summed E-state index contributed by atoms with van der Waals surface area (Å²) in [6, 6.07) is 0. The van der Waals surface area contributed by atoms with Gasteiger partial charge in [-0.25, -0.2) is 0 Å². The van der Waals surface area contributed by atoms with E-state index in [2.05, 4.69) is 18.5 Å². The van der Waals surface area contributed by atoms with Crippen LogP contribution in [0.5, 0.6) is 0 Å². The molecule has 0 aliphatic rings. The Kier molecular flexibility index (Phi) is 14.3. The van der Waals surface area contributed by atoms with Gasteiger partial charge < -0.3 is 10.4 Å². The van der Waals surface area contributed by atoms with Crippen molar-refractivity contribution in [1.82, 2.24) is 5.32 Å². The first-order valence-electron chi connectivity index (χ1n) is 3.75. The Bertz CT molecular complexity index is 78.8. The Labute approximate surface area is 69.6 Å². The second-order valence-electron chi connectivity index (χ2n) is 2.33. The third-order valence-corrected chi connectivity index (χ3v) is 0.577. The summed E-state index contributed by atoms with van der Waals surface area (Å²) >= 11 is 0. The monoisotopic (exact) mass is 157 g/mol. The number of hydrogen-bond acceptors (Lipinski definition) is 2. The Hall–Kier alpha value is -0.600. The highest BCUT2D eigenvalue weighted by Crippen LogP contribution is 1.65. The SMILES string of the molecule is C=CCNCC=C.CC(C)O. The molecule has 0 spiro atoms. The van der Waals surface area contributed by atoms with Crippen molar-refractivity contribution in [3.63, 3.8) is 0 Å². The average Bonchev–Trinajstić information content (AvgIpc) is 1.88. The van der Waals surface area contributed by atoms with E-state index >= 15 is 0 Å². The molecular weight excluding hydrogens is 138 g/mol. The maximum absolute atomic E-state index is 8.06. The second-order valence-corrected chi connectivity index (χ2v) is 2.33. The van der Waals surface area contributed by atoms with Gasteiger partial charge in [0, 0.05) is 19.2 Å². The van der Waals surface area contributed by atoms with Crippen molar-refractivity contribution in [3.05, 3.63) is 25.3 Å². The van der Waals surface area contributed by atoms with Gasteiger partial charge in [-0.2, -0.15) is 0 Å². The molecule has 0 rings (SSSR count). The van der Waals surface area contributed by atoms with E-state index in [-0.39, 0.29) is 6.10 Å². The van der Waals surface area contributed by atoms with Gasteiger partial charge in [0.1, 0.15) is 0 Å². The van der Waals surface area contributed by atoms with Gasteiger partial charge >= 0.3 is 0 Å². The van der Waals surface area contributed by atoms with Crippen LogP contribution in [0.15, 0.2) is 25.3 Å². The van der Waals surface area contributed by atoms with E-state index in [0.29, 0.717) is 0 Å². The van der Waals surface area contributed by atoms with Crippen LogP contribution in [0.2, 0.25) is 0 Å². The Balaban J connectivity index is 0. The Morgan fingerprint density at radius 2 is 1.55 bits per heavy atom. The number of hydrogen-bond donors (Lipinski definition) is 2. The van der Waals surface area contributed by atoms with Crippen LogP contribution >= 0.6 is 0 Å². The number of rotatable bonds is 4. The van der Waals surface area contributed by atoms with Crippen LogP contribution in [-0.4, -0.2) is 24.3 Å². The highest BCUT2D eigenvalue weighted by atomic mass is 16.3. The number of aliphatic hydroxyl groups excluding tert-OH is 1. The summed E-state index contributed by atoms with van der Waals surface area (Å²) in [5, 5.41) is 11.1. The van der Waals surface area contributed by atoms with E-state index in [1.165, 1.54) is 0 Å². The van der Waals surface area contributed by atoms with E-state index in [1.807, 2.05) is 12.2 Å². The summed E-state index contributed by atoms with van der Waals surface area (Å²) in [5.41, 5.74) is 0. The zero-order valence-corrected chi connectivity index (χ0v) is 7.51. The Morgan fingerprint density at radius 1 is 1.27 bits per heavy atom. The van der Waals surface area contributed by atoms with Crippen LogP contribution in [-0.2, 0) is 0 Å². The molecule has 2 heteroatoms. The highest BCUT2D eigenvalue weighted by molar-refractivity contribution is 4.75. The van der Waals surface area contributed by atoms with Gasteiger partial charge in [0.25, 0.3) is 0 Å². The van der Waals surface area contributed by atoms with Crippen molar-refractivity contribution in [3.8, 4) is 0 Å². The summed E-state index contributed by atoms with van der Waals surface area (Å²) in [5.74, 6) is 0. The minimum atomic E-state index is -0.167. The molecule has 0 fully saturated rings. The molecule has 0 saturated heterocycles. The minimum absolute atomic E-state index is 0.167. The molecule has 0 radical (unpaired) electrons. The lowest BCUT2D eigenvalue weighted by Gasteiger charge is -1.90. The molecule has 66 valence electrons. The first kappa shape index (κ1) is 13.0. The van der Waals surface area contributed by atoms with Gasteiger partial charge in [0.05, 0.1) is 0 Å². The molecule has 0 saturated carbocycles. The van der Waals surface area contributed by atoms with Crippen LogP contribution < -0.4 is 5.32 Å². The molecular formula is C9H19NO. The highest BCUT2D eigenvalue weighted by Gasteiger charge is 1.69. The first-order valence-corrected chi connectivity index (χ1v) is 3.75. The smallest absolute Gasteiger partial charge is 0.0483 e. The van der Waals surface area contributed by atoms with Crippen LogP contribution in [0.4, 0.5) is 0 Å². The largest absolute Gasteiger partial charge is 0.394 e. The van der Waals surface area contributed by atoms with Crippen LogP contribution in [0.3, 0.4) is 0 Å². The second kappa shape index (κ2) is 12.1. The third-order valence-electron chi connectivity index (χ3n) is 0.577. The van der Waals surface area contributed by atoms with Gasteiger partial charge in [0.15, 0.2) is 0 Å². The lowest BCUT2D eigenvalue weighted by molar-refractivity contribution is 0.216. The molecule has 11 heavy (non-hydrogen) atoms. The van der Waals surface area contributed by atoms with Crippen molar-refractivity contribution in [2.75, 3.05) is 13.1 Å². The van der Waals surface area contributed by atoms with Crippen molar-refractivity contribution < 1.29 is 5.11 Å². The molecule has 0 aliphatic heterocycles. The number of aliphatic hydroxyl groups is 1. The quantitative estimate of drug-likeness (QED) is 0.476. The summed E-state index contributed by atoms with van der Waals surface area (Å²) in [6.45, 7) is 12.2. The predicted octanol–water partition coefficient (Wildman–Crippen LogP) is 1.34. The van der Waals surface area contributed by atoms with E-state index in [4.69, 9.17) is 5.11 Å². The molecule has 0 aromatic carbocycles. The minimum Gasteiger partial charge on any atom is -0.394 e. The van der Waals surface area contributed by atoms with Crippen LogP contribution in [0.25, 0.3) is 0 Å². The topological polar surface area (TPSA) is 32.3 Å². The molecule has 0 atom stereocenters. The summed E-state index contributed by atoms with van der Waals surface area (Å²) in [6.07, 6.45) is 3.48. The van der Waals surface area contributed by atoms with Crippen molar-refractivity contribution in [2.45, 2.75) is 20.0 Å². The zero-order valence-electron chi connectivity index (χ0n) is 7.51. The Morgan fingerprint density at radius 3 is 1.73 bits per heavy atom. The lowest BCUT2D eigenvalue weighted by Crippen LogP contribution is -2.11. The van der Waals surface area contributed by atoms with E-state index in [1.54, 1.807) is 13.8 Å². The van der Waals surface area contributed by atoms with Crippen molar-refractivity contribution >= 4 is 0 Å². The zero-order chi connectivity index (χ0) is 9.11. The van der Waals surface area contributed by atoms with Crippen LogP contribution in [0, 0.1) is 0 Å². The fraction of sp³-hybridized carbons (Fsp3) is 0.556. The fourth-order valence-corrected chi connectivity index (χ4v) is 0.287. The van der Waals surface area contributed by atoms with Crippen LogP contribution in [0.1, 0.15) is 13.8 Å². The predicted molar refractivity (Wildman–Crippen MR) is 50.6 cm³/mol. The average molecular weight is 157 g/mol. The van der Waals surface area contributed by atoms with Gasteiger partial charge in [0.2, 0.25) is 0 Å². The fourth-order valence-electron chi connectivity index (χ4n) is 0.287. The first-order chi connectivity index (χ1) is 5.15. The van der Waals surface area contributed by atoms with Crippen molar-refractivity contribution in [2.24, 2.45) is 0 Å². The number of nitrogens with one attached hydrogen (secondary N) is 1. The normalized spacial score (nSPS) is 8.36. The maximum atomic E-state index is 8.06. The summed E-state index contributed by atoms with van der Waals surface area (Å²) in [7, 11) is 0. The van der Waals surface area contributed by atoms with Gasteiger partial charge in [-0.05, 0) is 13.8 Å². The standard InChI is InChI=1S/C6H11N.C3H8O/c1-3-5-7-6-4-2;1-3(2)4/h3-4,7H,1-2,5-6H2;3-4H,1-2H3. The van der Waals surface area contributed by atoms with Crippen molar-refractivity contribution in [1.29, 1.82) is 0 Å². The van der Waals surface area contributed by atoms with E-state index in [9.17, 15) is 0 Å². The molecule has 0 amide bonds. The molecule has 0 aliphatic carbocycles. The maximum Gasteiger partial charge on any atom is 0.0483 e. The molecule has 0 heterocycles.